The third-order valence-electron chi connectivity index (χ3n) is 3.16. The molecule has 0 aliphatic heterocycles. The van der Waals surface area contributed by atoms with Gasteiger partial charge in [0.2, 0.25) is 0 Å². The van der Waals surface area contributed by atoms with Crippen molar-refractivity contribution in [3.8, 4) is 0 Å². The number of rotatable bonds is 6. The highest BCUT2D eigenvalue weighted by Crippen LogP contribution is 2.12. The molecule has 0 amide bonds. The first-order valence-electron chi connectivity index (χ1n) is 6.86. The summed E-state index contributed by atoms with van der Waals surface area (Å²) in [6.45, 7) is 0.193. The highest BCUT2D eigenvalue weighted by molar-refractivity contribution is 6.30. The van der Waals surface area contributed by atoms with E-state index in [0.717, 1.165) is 17.5 Å². The number of carbonyl (C=O) groups is 1. The largest absolute Gasteiger partial charge is 0.460 e. The van der Waals surface area contributed by atoms with Crippen molar-refractivity contribution in [2.75, 3.05) is 0 Å². The fourth-order valence-corrected chi connectivity index (χ4v) is 2.19. The van der Waals surface area contributed by atoms with Crippen LogP contribution in [0.25, 0.3) is 0 Å². The smallest absolute Gasteiger partial charge is 0.323 e. The lowest BCUT2D eigenvalue weighted by Gasteiger charge is -2.11. The van der Waals surface area contributed by atoms with Gasteiger partial charge in [-0.1, -0.05) is 54.1 Å². The number of halogens is 1. The second-order valence-electron chi connectivity index (χ2n) is 4.87. The summed E-state index contributed by atoms with van der Waals surface area (Å²) in [7, 11) is 0. The molecular formula is C17H18ClNO2. The molecule has 0 bridgehead atoms. The summed E-state index contributed by atoms with van der Waals surface area (Å²) in [5.41, 5.74) is 7.87. The quantitative estimate of drug-likeness (QED) is 0.833. The number of aryl methyl sites for hydroxylation is 1. The Kier molecular flexibility index (Phi) is 5.78. The van der Waals surface area contributed by atoms with Gasteiger partial charge >= 0.3 is 5.97 Å². The van der Waals surface area contributed by atoms with Gasteiger partial charge in [-0.3, -0.25) is 4.79 Å². The summed E-state index contributed by atoms with van der Waals surface area (Å²) in [6.07, 6.45) is 1.33. The van der Waals surface area contributed by atoms with Crippen molar-refractivity contribution in [1.29, 1.82) is 0 Å². The highest BCUT2D eigenvalue weighted by atomic mass is 35.5. The second-order valence-corrected chi connectivity index (χ2v) is 5.30. The maximum absolute atomic E-state index is 11.8. The summed E-state index contributed by atoms with van der Waals surface area (Å²) in [5, 5.41) is 0.622. The molecule has 4 heteroatoms. The molecule has 0 fully saturated rings. The predicted octanol–water partition coefficient (Wildman–Crippen LogP) is 3.34. The molecule has 2 aromatic carbocycles. The molecule has 0 unspecified atom stereocenters. The minimum atomic E-state index is -0.607. The first-order chi connectivity index (χ1) is 10.1. The van der Waals surface area contributed by atoms with E-state index < -0.39 is 6.04 Å². The van der Waals surface area contributed by atoms with Crippen molar-refractivity contribution in [2.45, 2.75) is 25.5 Å². The predicted molar refractivity (Wildman–Crippen MR) is 84.0 cm³/mol. The van der Waals surface area contributed by atoms with E-state index in [1.165, 1.54) is 0 Å². The van der Waals surface area contributed by atoms with Crippen LogP contribution in [0.15, 0.2) is 54.6 Å². The zero-order chi connectivity index (χ0) is 15.1. The van der Waals surface area contributed by atoms with Crippen LogP contribution in [-0.2, 0) is 22.6 Å². The number of hydrogen-bond donors (Lipinski definition) is 1. The van der Waals surface area contributed by atoms with Crippen LogP contribution in [-0.4, -0.2) is 12.0 Å². The molecule has 3 nitrogen and oxygen atoms in total. The number of carbonyl (C=O) groups excluding carboxylic acids is 1. The Morgan fingerprint density at radius 3 is 2.52 bits per heavy atom. The monoisotopic (exact) mass is 303 g/mol. The van der Waals surface area contributed by atoms with Gasteiger partial charge in [0.15, 0.2) is 0 Å². The van der Waals surface area contributed by atoms with Crippen molar-refractivity contribution in [1.82, 2.24) is 0 Å². The lowest BCUT2D eigenvalue weighted by Crippen LogP contribution is -2.32. The van der Waals surface area contributed by atoms with Crippen molar-refractivity contribution in [2.24, 2.45) is 5.73 Å². The molecule has 110 valence electrons. The van der Waals surface area contributed by atoms with Crippen molar-refractivity contribution in [3.63, 3.8) is 0 Å². The SMILES string of the molecule is N[C@@H](CCc1ccccc1)C(=O)OCc1cccc(Cl)c1. The molecule has 21 heavy (non-hydrogen) atoms. The first kappa shape index (κ1) is 15.5. The summed E-state index contributed by atoms with van der Waals surface area (Å²) in [4.78, 5) is 11.8. The van der Waals surface area contributed by atoms with Gasteiger partial charge in [0, 0.05) is 5.02 Å². The van der Waals surface area contributed by atoms with Gasteiger partial charge in [0.05, 0.1) is 0 Å². The topological polar surface area (TPSA) is 52.3 Å². The van der Waals surface area contributed by atoms with Crippen LogP contribution in [0, 0.1) is 0 Å². The van der Waals surface area contributed by atoms with Gasteiger partial charge in [-0.25, -0.2) is 0 Å². The van der Waals surface area contributed by atoms with Crippen molar-refractivity contribution >= 4 is 17.6 Å². The van der Waals surface area contributed by atoms with E-state index >= 15 is 0 Å². The van der Waals surface area contributed by atoms with Crippen LogP contribution in [0.4, 0.5) is 0 Å². The molecule has 0 aliphatic carbocycles. The molecule has 0 aromatic heterocycles. The Morgan fingerprint density at radius 2 is 1.81 bits per heavy atom. The fourth-order valence-electron chi connectivity index (χ4n) is 1.97. The Hall–Kier alpha value is -1.84. The summed E-state index contributed by atoms with van der Waals surface area (Å²) < 4.78 is 5.21. The maximum atomic E-state index is 11.8. The molecule has 0 saturated carbocycles. The molecule has 2 rings (SSSR count). The van der Waals surface area contributed by atoms with E-state index in [1.807, 2.05) is 42.5 Å². The van der Waals surface area contributed by atoms with Crippen LogP contribution in [0.3, 0.4) is 0 Å². The first-order valence-corrected chi connectivity index (χ1v) is 7.23. The van der Waals surface area contributed by atoms with E-state index in [-0.39, 0.29) is 12.6 Å². The molecule has 2 aromatic rings. The third kappa shape index (κ3) is 5.21. The van der Waals surface area contributed by atoms with Gasteiger partial charge in [0.1, 0.15) is 12.6 Å². The minimum Gasteiger partial charge on any atom is -0.460 e. The normalized spacial score (nSPS) is 11.9. The zero-order valence-electron chi connectivity index (χ0n) is 11.7. The zero-order valence-corrected chi connectivity index (χ0v) is 12.4. The average molecular weight is 304 g/mol. The molecular weight excluding hydrogens is 286 g/mol. The van der Waals surface area contributed by atoms with Gasteiger partial charge in [-0.2, -0.15) is 0 Å². The Bertz CT molecular complexity index is 586. The van der Waals surface area contributed by atoms with E-state index in [9.17, 15) is 4.79 Å². The lowest BCUT2D eigenvalue weighted by molar-refractivity contribution is -0.146. The molecule has 2 N–H and O–H groups in total. The Morgan fingerprint density at radius 1 is 1.10 bits per heavy atom. The standard InChI is InChI=1S/C17H18ClNO2/c18-15-8-4-7-14(11-15)12-21-17(20)16(19)10-9-13-5-2-1-3-6-13/h1-8,11,16H,9-10,12,19H2/t16-/m0/s1. The third-order valence-corrected chi connectivity index (χ3v) is 3.39. The fraction of sp³-hybridized carbons (Fsp3) is 0.235. The number of nitrogens with two attached hydrogens (primary N) is 1. The van der Waals surface area contributed by atoms with Crippen molar-refractivity contribution in [3.05, 3.63) is 70.7 Å². The highest BCUT2D eigenvalue weighted by Gasteiger charge is 2.15. The van der Waals surface area contributed by atoms with E-state index in [0.29, 0.717) is 11.4 Å². The summed E-state index contributed by atoms with van der Waals surface area (Å²) in [5.74, 6) is -0.383. The number of benzene rings is 2. The van der Waals surface area contributed by atoms with Crippen LogP contribution >= 0.6 is 11.6 Å². The number of ether oxygens (including phenoxy) is 1. The van der Waals surface area contributed by atoms with Crippen LogP contribution in [0.1, 0.15) is 17.5 Å². The average Bonchev–Trinajstić information content (AvgIpc) is 2.51. The lowest BCUT2D eigenvalue weighted by atomic mass is 10.1. The molecule has 0 spiro atoms. The molecule has 0 aliphatic rings. The number of esters is 1. The van der Waals surface area contributed by atoms with E-state index in [2.05, 4.69) is 0 Å². The van der Waals surface area contributed by atoms with Crippen LogP contribution in [0.2, 0.25) is 5.02 Å². The molecule has 0 heterocycles. The minimum absolute atomic E-state index is 0.193. The van der Waals surface area contributed by atoms with E-state index in [1.54, 1.807) is 12.1 Å². The van der Waals surface area contributed by atoms with Crippen LogP contribution < -0.4 is 5.73 Å². The molecule has 1 atom stereocenters. The van der Waals surface area contributed by atoms with E-state index in [4.69, 9.17) is 22.1 Å². The van der Waals surface area contributed by atoms with Gasteiger partial charge in [-0.05, 0) is 36.1 Å². The maximum Gasteiger partial charge on any atom is 0.323 e. The van der Waals surface area contributed by atoms with Gasteiger partial charge in [-0.15, -0.1) is 0 Å². The van der Waals surface area contributed by atoms with Crippen molar-refractivity contribution < 1.29 is 9.53 Å². The van der Waals surface area contributed by atoms with Gasteiger partial charge < -0.3 is 10.5 Å². The van der Waals surface area contributed by atoms with Crippen LogP contribution in [0.5, 0.6) is 0 Å². The van der Waals surface area contributed by atoms with Gasteiger partial charge in [0.25, 0.3) is 0 Å². The summed E-state index contributed by atoms with van der Waals surface area (Å²) in [6, 6.07) is 16.6. The Labute approximate surface area is 129 Å². The number of hydrogen-bond acceptors (Lipinski definition) is 3. The molecule has 0 saturated heterocycles. The second kappa shape index (κ2) is 7.81. The Balaban J connectivity index is 1.77. The molecule has 0 radical (unpaired) electrons. The summed E-state index contributed by atoms with van der Waals surface area (Å²) >= 11 is 5.88.